The second kappa shape index (κ2) is 5.80. The molecule has 0 aliphatic carbocycles. The van der Waals surface area contributed by atoms with Crippen molar-refractivity contribution in [3.05, 3.63) is 34.1 Å². The summed E-state index contributed by atoms with van der Waals surface area (Å²) < 4.78 is 13.6. The van der Waals surface area contributed by atoms with E-state index in [-0.39, 0.29) is 24.2 Å². The van der Waals surface area contributed by atoms with Crippen LogP contribution in [0.4, 0.5) is 4.39 Å². The van der Waals surface area contributed by atoms with Crippen LogP contribution >= 0.6 is 15.9 Å². The lowest BCUT2D eigenvalue weighted by Crippen LogP contribution is -2.46. The van der Waals surface area contributed by atoms with Crippen LogP contribution in [-0.2, 0) is 11.2 Å². The first-order valence-corrected chi connectivity index (χ1v) is 6.83. The second-order valence-electron chi connectivity index (χ2n) is 4.65. The lowest BCUT2D eigenvalue weighted by molar-refractivity contribution is -0.131. The van der Waals surface area contributed by atoms with Crippen LogP contribution in [0.3, 0.4) is 0 Å². The topological polar surface area (TPSA) is 46.3 Å². The molecule has 1 amide bonds. The predicted octanol–water partition coefficient (Wildman–Crippen LogP) is 2.08. The molecule has 98 valence electrons. The van der Waals surface area contributed by atoms with Crippen molar-refractivity contribution in [2.75, 3.05) is 13.1 Å². The molecule has 1 unspecified atom stereocenters. The zero-order valence-electron chi connectivity index (χ0n) is 10.0. The van der Waals surface area contributed by atoms with Gasteiger partial charge in [0.15, 0.2) is 0 Å². The maximum Gasteiger partial charge on any atom is 0.227 e. The first-order valence-electron chi connectivity index (χ1n) is 6.03. The van der Waals surface area contributed by atoms with Gasteiger partial charge in [0.25, 0.3) is 0 Å². The molecule has 2 rings (SSSR count). The van der Waals surface area contributed by atoms with Crippen molar-refractivity contribution < 1.29 is 9.18 Å². The summed E-state index contributed by atoms with van der Waals surface area (Å²) in [6.45, 7) is 1.39. The van der Waals surface area contributed by atoms with Crippen LogP contribution in [0, 0.1) is 5.82 Å². The van der Waals surface area contributed by atoms with Gasteiger partial charge in [-0.05, 0) is 30.5 Å². The van der Waals surface area contributed by atoms with Crippen LogP contribution in [0.5, 0.6) is 0 Å². The molecule has 1 atom stereocenters. The molecule has 18 heavy (non-hydrogen) atoms. The largest absolute Gasteiger partial charge is 0.341 e. The predicted molar refractivity (Wildman–Crippen MR) is 71.6 cm³/mol. The molecule has 3 nitrogen and oxygen atoms in total. The van der Waals surface area contributed by atoms with Gasteiger partial charge in [0.2, 0.25) is 5.91 Å². The number of halogens is 2. The Bertz CT molecular complexity index is 453. The molecule has 1 saturated heterocycles. The summed E-state index contributed by atoms with van der Waals surface area (Å²) in [5, 5.41) is 0. The summed E-state index contributed by atoms with van der Waals surface area (Å²) in [7, 11) is 0. The van der Waals surface area contributed by atoms with E-state index in [1.807, 2.05) is 0 Å². The number of piperidine rings is 1. The normalized spacial score (nSPS) is 19.9. The van der Waals surface area contributed by atoms with Crippen molar-refractivity contribution in [1.82, 2.24) is 4.90 Å². The Morgan fingerprint density at radius 2 is 2.33 bits per heavy atom. The smallest absolute Gasteiger partial charge is 0.227 e. The fourth-order valence-electron chi connectivity index (χ4n) is 2.18. The molecule has 5 heteroatoms. The van der Waals surface area contributed by atoms with Crippen molar-refractivity contribution >= 4 is 21.8 Å². The average molecular weight is 315 g/mol. The fourth-order valence-corrected chi connectivity index (χ4v) is 2.67. The van der Waals surface area contributed by atoms with Crippen molar-refractivity contribution in [2.45, 2.75) is 25.3 Å². The number of carbonyl (C=O) groups is 1. The molecule has 1 fully saturated rings. The third-order valence-electron chi connectivity index (χ3n) is 3.17. The lowest BCUT2D eigenvalue weighted by Gasteiger charge is -2.31. The van der Waals surface area contributed by atoms with Gasteiger partial charge in [0.1, 0.15) is 5.82 Å². The molecule has 1 aromatic rings. The highest BCUT2D eigenvalue weighted by Gasteiger charge is 2.21. The molecule has 1 aromatic carbocycles. The first-order chi connectivity index (χ1) is 8.56. The fraction of sp³-hybridized carbons (Fsp3) is 0.462. The van der Waals surface area contributed by atoms with Crippen molar-refractivity contribution in [3.63, 3.8) is 0 Å². The van der Waals surface area contributed by atoms with Gasteiger partial charge in [0.05, 0.1) is 6.42 Å². The monoisotopic (exact) mass is 314 g/mol. The highest BCUT2D eigenvalue weighted by molar-refractivity contribution is 9.10. The van der Waals surface area contributed by atoms with E-state index in [1.165, 1.54) is 12.1 Å². The minimum Gasteiger partial charge on any atom is -0.341 e. The maximum atomic E-state index is 12.9. The molecule has 1 aliphatic heterocycles. The van der Waals surface area contributed by atoms with Crippen LogP contribution < -0.4 is 5.73 Å². The highest BCUT2D eigenvalue weighted by Crippen LogP contribution is 2.20. The quantitative estimate of drug-likeness (QED) is 0.908. The van der Waals surface area contributed by atoms with Crippen LogP contribution in [0.25, 0.3) is 0 Å². The van der Waals surface area contributed by atoms with Gasteiger partial charge in [0, 0.05) is 23.6 Å². The van der Waals surface area contributed by atoms with Crippen LogP contribution in [0.1, 0.15) is 18.4 Å². The van der Waals surface area contributed by atoms with Crippen molar-refractivity contribution in [3.8, 4) is 0 Å². The minimum atomic E-state index is -0.307. The minimum absolute atomic E-state index is 0.0532. The summed E-state index contributed by atoms with van der Waals surface area (Å²) in [6.07, 6.45) is 2.22. The zero-order valence-corrected chi connectivity index (χ0v) is 11.6. The van der Waals surface area contributed by atoms with E-state index in [9.17, 15) is 9.18 Å². The van der Waals surface area contributed by atoms with E-state index < -0.39 is 0 Å². The first kappa shape index (κ1) is 13.5. The number of hydrogen-bond donors (Lipinski definition) is 1. The molecule has 0 radical (unpaired) electrons. The van der Waals surface area contributed by atoms with E-state index in [2.05, 4.69) is 15.9 Å². The Morgan fingerprint density at radius 3 is 3.00 bits per heavy atom. The lowest BCUT2D eigenvalue weighted by atomic mass is 10.1. The van der Waals surface area contributed by atoms with E-state index in [0.29, 0.717) is 11.0 Å². The Kier molecular flexibility index (Phi) is 4.35. The van der Waals surface area contributed by atoms with Gasteiger partial charge < -0.3 is 10.6 Å². The molecular formula is C13H16BrFN2O. The summed E-state index contributed by atoms with van der Waals surface area (Å²) in [5.74, 6) is -0.254. The number of nitrogens with two attached hydrogens (primary N) is 1. The van der Waals surface area contributed by atoms with Crippen LogP contribution in [-0.4, -0.2) is 29.9 Å². The molecular weight excluding hydrogens is 299 g/mol. The van der Waals surface area contributed by atoms with Gasteiger partial charge >= 0.3 is 0 Å². The van der Waals surface area contributed by atoms with Gasteiger partial charge in [-0.1, -0.05) is 22.0 Å². The summed E-state index contributed by atoms with van der Waals surface area (Å²) in [5.41, 5.74) is 6.66. The van der Waals surface area contributed by atoms with Crippen molar-refractivity contribution in [1.29, 1.82) is 0 Å². The van der Waals surface area contributed by atoms with Gasteiger partial charge in [-0.25, -0.2) is 4.39 Å². The van der Waals surface area contributed by atoms with E-state index in [4.69, 9.17) is 5.73 Å². The number of hydrogen-bond acceptors (Lipinski definition) is 2. The number of carbonyl (C=O) groups excluding carboxylic acids is 1. The van der Waals surface area contributed by atoms with Crippen LogP contribution in [0.15, 0.2) is 22.7 Å². The second-order valence-corrected chi connectivity index (χ2v) is 5.51. The van der Waals surface area contributed by atoms with Gasteiger partial charge in [-0.2, -0.15) is 0 Å². The third kappa shape index (κ3) is 3.29. The summed E-state index contributed by atoms with van der Waals surface area (Å²) >= 11 is 3.28. The van der Waals surface area contributed by atoms with Gasteiger partial charge in [-0.15, -0.1) is 0 Å². The zero-order chi connectivity index (χ0) is 13.1. The molecule has 1 aliphatic rings. The highest BCUT2D eigenvalue weighted by atomic mass is 79.9. The van der Waals surface area contributed by atoms with E-state index >= 15 is 0 Å². The van der Waals surface area contributed by atoms with E-state index in [1.54, 1.807) is 11.0 Å². The number of nitrogens with zero attached hydrogens (tertiary/aromatic N) is 1. The Morgan fingerprint density at radius 1 is 1.56 bits per heavy atom. The number of benzene rings is 1. The molecule has 2 N–H and O–H groups in total. The Hall–Kier alpha value is -0.940. The number of likely N-dealkylation sites (tertiary alicyclic amines) is 1. The molecule has 0 aromatic heterocycles. The van der Waals surface area contributed by atoms with Crippen molar-refractivity contribution in [2.24, 2.45) is 5.73 Å². The number of amides is 1. The maximum absolute atomic E-state index is 12.9. The van der Waals surface area contributed by atoms with Gasteiger partial charge in [-0.3, -0.25) is 4.79 Å². The Balaban J connectivity index is 2.02. The summed E-state index contributed by atoms with van der Waals surface area (Å²) in [4.78, 5) is 13.9. The third-order valence-corrected chi connectivity index (χ3v) is 3.91. The molecule has 0 bridgehead atoms. The average Bonchev–Trinajstić information content (AvgIpc) is 2.32. The molecule has 0 spiro atoms. The van der Waals surface area contributed by atoms with E-state index in [0.717, 1.165) is 24.9 Å². The summed E-state index contributed by atoms with van der Waals surface area (Å²) in [6, 6.07) is 4.47. The Labute approximate surface area is 114 Å². The molecule has 0 saturated carbocycles. The SMILES string of the molecule is NC1CCCN(C(=O)Cc2ccc(F)cc2Br)C1. The number of rotatable bonds is 2. The molecule has 1 heterocycles. The van der Waals surface area contributed by atoms with Crippen LogP contribution in [0.2, 0.25) is 0 Å². The standard InChI is InChI=1S/C13H16BrFN2O/c14-12-7-10(15)4-3-9(12)6-13(18)17-5-1-2-11(16)8-17/h3-4,7,11H,1-2,5-6,8,16H2.